The third kappa shape index (κ3) is 6.23. The summed E-state index contributed by atoms with van der Waals surface area (Å²) in [4.78, 5) is 36.9. The highest BCUT2D eigenvalue weighted by Gasteiger charge is 2.27. The van der Waals surface area contributed by atoms with Gasteiger partial charge in [-0.25, -0.2) is 9.97 Å². The van der Waals surface area contributed by atoms with E-state index < -0.39 is 5.92 Å². The van der Waals surface area contributed by atoms with Crippen molar-refractivity contribution in [3.8, 4) is 0 Å². The second-order valence-corrected chi connectivity index (χ2v) is 9.10. The molecule has 2 aromatic carbocycles. The van der Waals surface area contributed by atoms with Gasteiger partial charge in [0.25, 0.3) is 5.91 Å². The van der Waals surface area contributed by atoms with Gasteiger partial charge in [-0.3, -0.25) is 19.9 Å². The number of ether oxygens (including phenoxy) is 1. The number of esters is 1. The summed E-state index contributed by atoms with van der Waals surface area (Å²) in [7, 11) is 1.93. The Morgan fingerprint density at radius 1 is 1.10 bits per heavy atom. The number of anilines is 2. The lowest BCUT2D eigenvalue weighted by molar-refractivity contribution is -0.147. The molecule has 0 bridgehead atoms. The Hall–Kier alpha value is -4.73. The largest absolute Gasteiger partial charge is 0.466 e. The third-order valence-corrected chi connectivity index (χ3v) is 6.55. The van der Waals surface area contributed by atoms with Crippen LogP contribution in [0, 0.1) is 11.3 Å². The summed E-state index contributed by atoms with van der Waals surface area (Å²) in [6.07, 6.45) is 2.15. The van der Waals surface area contributed by atoms with Crippen molar-refractivity contribution in [2.24, 2.45) is 18.7 Å². The Labute approximate surface area is 227 Å². The number of imidazole rings is 1. The molecule has 2 heterocycles. The number of amides is 1. The molecule has 0 fully saturated rings. The summed E-state index contributed by atoms with van der Waals surface area (Å²) < 4.78 is 7.21. The standard InChI is InChI=1S/C29H33N7O3/c1-4-19(29(38)39-5-2)18-36(25-8-6-7-15-32-25)28(37)21-11-14-24-23(16-21)34-26(35(24)3)17-33-22-12-9-20(10-13-22)27(30)31/h6-16,19,33H,4-5,17-18H2,1-3H3,(H3,30,31). The molecular weight excluding hydrogens is 494 g/mol. The lowest BCUT2D eigenvalue weighted by Gasteiger charge is -2.25. The maximum absolute atomic E-state index is 13.8. The van der Waals surface area contributed by atoms with E-state index in [2.05, 4.69) is 10.3 Å². The number of nitrogen functional groups attached to an aromatic ring is 1. The van der Waals surface area contributed by atoms with E-state index in [-0.39, 0.29) is 30.9 Å². The van der Waals surface area contributed by atoms with Crippen LogP contribution in [0.2, 0.25) is 0 Å². The number of hydrogen-bond donors (Lipinski definition) is 3. The van der Waals surface area contributed by atoms with Crippen LogP contribution in [0.5, 0.6) is 0 Å². The number of hydrogen-bond acceptors (Lipinski definition) is 7. The topological polar surface area (TPSA) is 139 Å². The number of pyridine rings is 1. The molecule has 10 heteroatoms. The van der Waals surface area contributed by atoms with Gasteiger partial charge in [-0.05, 0) is 67.9 Å². The summed E-state index contributed by atoms with van der Waals surface area (Å²) in [5, 5.41) is 10.9. The Bertz CT molecular complexity index is 1470. The summed E-state index contributed by atoms with van der Waals surface area (Å²) >= 11 is 0. The minimum Gasteiger partial charge on any atom is -0.466 e. The molecule has 4 rings (SSSR count). The number of nitrogens with one attached hydrogen (secondary N) is 2. The summed E-state index contributed by atoms with van der Waals surface area (Å²) in [6, 6.07) is 18.1. The molecule has 0 aliphatic heterocycles. The van der Waals surface area contributed by atoms with Crippen molar-refractivity contribution in [1.29, 1.82) is 5.41 Å². The van der Waals surface area contributed by atoms with Gasteiger partial charge < -0.3 is 20.4 Å². The van der Waals surface area contributed by atoms with Gasteiger partial charge in [-0.1, -0.05) is 13.0 Å². The number of amidine groups is 1. The number of carbonyl (C=O) groups is 2. The van der Waals surface area contributed by atoms with Crippen molar-refractivity contribution in [3.05, 3.63) is 83.8 Å². The molecule has 0 aliphatic rings. The van der Waals surface area contributed by atoms with Crippen LogP contribution in [0.4, 0.5) is 11.5 Å². The number of aryl methyl sites for hydroxylation is 1. The lowest BCUT2D eigenvalue weighted by atomic mass is 10.1. The first-order valence-electron chi connectivity index (χ1n) is 12.9. The van der Waals surface area contributed by atoms with Gasteiger partial charge in [-0.15, -0.1) is 0 Å². The lowest BCUT2D eigenvalue weighted by Crippen LogP contribution is -2.39. The van der Waals surface area contributed by atoms with Crippen molar-refractivity contribution in [2.45, 2.75) is 26.8 Å². The fourth-order valence-corrected chi connectivity index (χ4v) is 4.29. The molecule has 0 radical (unpaired) electrons. The number of nitrogens with zero attached hydrogens (tertiary/aromatic N) is 4. The number of nitrogens with two attached hydrogens (primary N) is 1. The molecule has 202 valence electrons. The fraction of sp³-hybridized carbons (Fsp3) is 0.276. The Balaban J connectivity index is 1.58. The van der Waals surface area contributed by atoms with Crippen LogP contribution >= 0.6 is 0 Å². The minimum absolute atomic E-state index is 0.0231. The first-order valence-corrected chi connectivity index (χ1v) is 12.9. The van der Waals surface area contributed by atoms with E-state index in [9.17, 15) is 9.59 Å². The average molecular weight is 528 g/mol. The molecule has 4 N–H and O–H groups in total. The quantitative estimate of drug-likeness (QED) is 0.152. The first kappa shape index (κ1) is 27.3. The predicted octanol–water partition coefficient (Wildman–Crippen LogP) is 4.10. The molecule has 0 spiro atoms. The van der Waals surface area contributed by atoms with Gasteiger partial charge in [0.1, 0.15) is 17.5 Å². The van der Waals surface area contributed by atoms with Gasteiger partial charge in [0.15, 0.2) is 0 Å². The number of benzene rings is 2. The van der Waals surface area contributed by atoms with Crippen LogP contribution in [-0.4, -0.2) is 45.4 Å². The maximum Gasteiger partial charge on any atom is 0.310 e. The van der Waals surface area contributed by atoms with Crippen LogP contribution in [0.1, 0.15) is 42.0 Å². The summed E-state index contributed by atoms with van der Waals surface area (Å²) in [5.74, 6) is 0.204. The van der Waals surface area contributed by atoms with E-state index in [1.54, 1.807) is 49.5 Å². The Kier molecular flexibility index (Phi) is 8.55. The van der Waals surface area contributed by atoms with E-state index in [1.807, 2.05) is 42.8 Å². The van der Waals surface area contributed by atoms with Crippen LogP contribution in [-0.2, 0) is 23.1 Å². The second kappa shape index (κ2) is 12.2. The van der Waals surface area contributed by atoms with Gasteiger partial charge >= 0.3 is 5.97 Å². The molecule has 1 amide bonds. The van der Waals surface area contributed by atoms with Crippen molar-refractivity contribution < 1.29 is 14.3 Å². The summed E-state index contributed by atoms with van der Waals surface area (Å²) in [6.45, 7) is 4.57. The van der Waals surface area contributed by atoms with Gasteiger partial charge in [0, 0.05) is 36.6 Å². The normalized spacial score (nSPS) is 11.7. The molecule has 10 nitrogen and oxygen atoms in total. The molecule has 0 aliphatic carbocycles. The molecule has 39 heavy (non-hydrogen) atoms. The zero-order chi connectivity index (χ0) is 27.9. The number of fused-ring (bicyclic) bond motifs is 1. The molecule has 1 unspecified atom stereocenters. The fourth-order valence-electron chi connectivity index (χ4n) is 4.29. The highest BCUT2D eigenvalue weighted by atomic mass is 16.5. The third-order valence-electron chi connectivity index (χ3n) is 6.55. The van der Waals surface area contributed by atoms with Crippen LogP contribution < -0.4 is 16.0 Å². The van der Waals surface area contributed by atoms with E-state index in [1.165, 1.54) is 4.90 Å². The summed E-state index contributed by atoms with van der Waals surface area (Å²) in [5.41, 5.74) is 9.09. The van der Waals surface area contributed by atoms with Crippen LogP contribution in [0.15, 0.2) is 66.9 Å². The minimum atomic E-state index is -0.475. The number of rotatable bonds is 11. The van der Waals surface area contributed by atoms with Gasteiger partial charge in [0.05, 0.1) is 30.1 Å². The number of aromatic nitrogens is 3. The number of carbonyl (C=O) groups excluding carboxylic acids is 2. The van der Waals surface area contributed by atoms with E-state index >= 15 is 0 Å². The predicted molar refractivity (Wildman–Crippen MR) is 152 cm³/mol. The van der Waals surface area contributed by atoms with Gasteiger partial charge in [0.2, 0.25) is 0 Å². The molecule has 4 aromatic rings. The monoisotopic (exact) mass is 527 g/mol. The average Bonchev–Trinajstić information content (AvgIpc) is 3.27. The Morgan fingerprint density at radius 2 is 1.85 bits per heavy atom. The zero-order valence-electron chi connectivity index (χ0n) is 22.3. The van der Waals surface area contributed by atoms with Crippen LogP contribution in [0.3, 0.4) is 0 Å². The van der Waals surface area contributed by atoms with Crippen molar-refractivity contribution in [1.82, 2.24) is 14.5 Å². The van der Waals surface area contributed by atoms with Crippen LogP contribution in [0.25, 0.3) is 11.0 Å². The molecule has 1 atom stereocenters. The van der Waals surface area contributed by atoms with E-state index in [0.29, 0.717) is 35.4 Å². The SMILES string of the molecule is CCOC(=O)C(CC)CN(C(=O)c1ccc2c(c1)nc(CNc1ccc(C(=N)N)cc1)n2C)c1ccccn1. The highest BCUT2D eigenvalue weighted by Crippen LogP contribution is 2.22. The van der Waals surface area contributed by atoms with Crippen molar-refractivity contribution >= 4 is 40.3 Å². The Morgan fingerprint density at radius 3 is 2.49 bits per heavy atom. The zero-order valence-corrected chi connectivity index (χ0v) is 22.3. The first-order chi connectivity index (χ1) is 18.8. The van der Waals surface area contributed by atoms with Crippen molar-refractivity contribution in [2.75, 3.05) is 23.4 Å². The molecule has 2 aromatic heterocycles. The second-order valence-electron chi connectivity index (χ2n) is 9.10. The van der Waals surface area contributed by atoms with E-state index in [4.69, 9.17) is 20.9 Å². The van der Waals surface area contributed by atoms with Crippen molar-refractivity contribution in [3.63, 3.8) is 0 Å². The molecule has 0 saturated carbocycles. The molecule has 0 saturated heterocycles. The van der Waals surface area contributed by atoms with Gasteiger partial charge in [-0.2, -0.15) is 0 Å². The molecular formula is C29H33N7O3. The van der Waals surface area contributed by atoms with E-state index in [0.717, 1.165) is 17.0 Å². The smallest absolute Gasteiger partial charge is 0.310 e. The maximum atomic E-state index is 13.8. The highest BCUT2D eigenvalue weighted by molar-refractivity contribution is 6.07.